The molecule has 0 radical (unpaired) electrons. The number of likely N-dealkylation sites (tertiary alicyclic amines) is 1. The summed E-state index contributed by atoms with van der Waals surface area (Å²) in [5.41, 5.74) is 1.23. The molecule has 1 saturated carbocycles. The molecule has 1 aliphatic heterocycles. The molecule has 0 aromatic carbocycles. The van der Waals surface area contributed by atoms with Crippen molar-refractivity contribution in [2.45, 2.75) is 57.7 Å². The van der Waals surface area contributed by atoms with Crippen LogP contribution in [-0.2, 0) is 17.9 Å². The van der Waals surface area contributed by atoms with Crippen molar-refractivity contribution < 1.29 is 4.79 Å². The standard InChI is InChI=1S/C22H26N4O2S/c27-20(24-12-4-7-16-6-1-2-9-18(16)24)15-25-19-10-3-11-23-21(19)26(22(25)28)14-17-8-5-13-29-17/h3,5,8,10-11,13,16,18H,1-2,4,6-7,9,12,14-15H2/t16-,18-/m1/s1. The van der Waals surface area contributed by atoms with Gasteiger partial charge in [0.05, 0.1) is 12.1 Å². The van der Waals surface area contributed by atoms with E-state index in [1.807, 2.05) is 29.6 Å². The molecule has 3 aromatic heterocycles. The molecule has 3 aromatic rings. The van der Waals surface area contributed by atoms with Crippen LogP contribution in [0.4, 0.5) is 0 Å². The molecule has 5 rings (SSSR count). The van der Waals surface area contributed by atoms with Crippen LogP contribution in [0.1, 0.15) is 43.4 Å². The van der Waals surface area contributed by atoms with Crippen molar-refractivity contribution in [3.8, 4) is 0 Å². The molecule has 0 bridgehead atoms. The van der Waals surface area contributed by atoms with E-state index < -0.39 is 0 Å². The molecule has 0 spiro atoms. The number of nitrogens with zero attached hydrogens (tertiary/aromatic N) is 4. The monoisotopic (exact) mass is 410 g/mol. The maximum atomic E-state index is 13.3. The Bertz CT molecular complexity index is 1070. The molecule has 29 heavy (non-hydrogen) atoms. The number of imidazole rings is 1. The first-order valence-corrected chi connectivity index (χ1v) is 11.5. The Kier molecular flexibility index (Phi) is 4.99. The van der Waals surface area contributed by atoms with E-state index in [0.717, 1.165) is 29.8 Å². The first-order valence-electron chi connectivity index (χ1n) is 10.6. The predicted molar refractivity (Wildman–Crippen MR) is 114 cm³/mol. The summed E-state index contributed by atoms with van der Waals surface area (Å²) in [4.78, 5) is 34.1. The molecule has 152 valence electrons. The second-order valence-electron chi connectivity index (χ2n) is 8.22. The molecular formula is C22H26N4O2S. The summed E-state index contributed by atoms with van der Waals surface area (Å²) in [6.07, 6.45) is 8.84. The minimum Gasteiger partial charge on any atom is -0.338 e. The van der Waals surface area contributed by atoms with E-state index in [1.165, 1.54) is 25.7 Å². The van der Waals surface area contributed by atoms with Gasteiger partial charge in [0.25, 0.3) is 0 Å². The van der Waals surface area contributed by atoms with Crippen molar-refractivity contribution in [2.24, 2.45) is 5.92 Å². The zero-order valence-corrected chi connectivity index (χ0v) is 17.3. The highest BCUT2D eigenvalue weighted by atomic mass is 32.1. The van der Waals surface area contributed by atoms with Gasteiger partial charge in [-0.15, -0.1) is 11.3 Å². The van der Waals surface area contributed by atoms with E-state index in [9.17, 15) is 9.59 Å². The number of aromatic nitrogens is 3. The molecule has 1 aliphatic carbocycles. The molecule has 6 nitrogen and oxygen atoms in total. The minimum absolute atomic E-state index is 0.0720. The van der Waals surface area contributed by atoms with Crippen LogP contribution in [0.3, 0.4) is 0 Å². The molecule has 7 heteroatoms. The number of rotatable bonds is 4. The molecule has 1 saturated heterocycles. The van der Waals surface area contributed by atoms with Gasteiger partial charge < -0.3 is 4.90 Å². The van der Waals surface area contributed by atoms with Gasteiger partial charge in [-0.1, -0.05) is 18.9 Å². The van der Waals surface area contributed by atoms with Crippen LogP contribution in [0.5, 0.6) is 0 Å². The Balaban J connectivity index is 1.46. The maximum Gasteiger partial charge on any atom is 0.331 e. The second kappa shape index (κ2) is 7.78. The van der Waals surface area contributed by atoms with E-state index in [4.69, 9.17) is 0 Å². The third-order valence-electron chi connectivity index (χ3n) is 6.53. The number of thiophene rings is 1. The van der Waals surface area contributed by atoms with Crippen molar-refractivity contribution in [2.75, 3.05) is 6.54 Å². The van der Waals surface area contributed by atoms with Gasteiger partial charge in [0.1, 0.15) is 6.54 Å². The molecule has 2 aliphatic rings. The van der Waals surface area contributed by atoms with Crippen LogP contribution >= 0.6 is 11.3 Å². The number of hydrogen-bond acceptors (Lipinski definition) is 4. The largest absolute Gasteiger partial charge is 0.338 e. The van der Waals surface area contributed by atoms with Gasteiger partial charge in [0.15, 0.2) is 5.65 Å². The average Bonchev–Trinajstić information content (AvgIpc) is 3.36. The fraction of sp³-hybridized carbons (Fsp3) is 0.500. The molecule has 0 unspecified atom stereocenters. The summed E-state index contributed by atoms with van der Waals surface area (Å²) in [5, 5.41) is 2.01. The van der Waals surface area contributed by atoms with E-state index in [2.05, 4.69) is 9.88 Å². The van der Waals surface area contributed by atoms with Gasteiger partial charge in [-0.3, -0.25) is 13.9 Å². The lowest BCUT2D eigenvalue weighted by Gasteiger charge is -2.44. The summed E-state index contributed by atoms with van der Waals surface area (Å²) < 4.78 is 3.30. The zero-order valence-electron chi connectivity index (χ0n) is 16.5. The maximum absolute atomic E-state index is 13.3. The van der Waals surface area contributed by atoms with Gasteiger partial charge in [-0.25, -0.2) is 9.78 Å². The van der Waals surface area contributed by atoms with Crippen molar-refractivity contribution in [1.29, 1.82) is 0 Å². The van der Waals surface area contributed by atoms with Crippen LogP contribution in [0.15, 0.2) is 40.6 Å². The SMILES string of the molecule is O=C(Cn1c(=O)n(Cc2cccs2)c2ncccc21)N1CCC[C@H]2CCCC[C@H]21. The number of hydrogen-bond donors (Lipinski definition) is 0. The second-order valence-corrected chi connectivity index (χ2v) is 9.25. The lowest BCUT2D eigenvalue weighted by molar-refractivity contribution is -0.138. The average molecular weight is 411 g/mol. The van der Waals surface area contributed by atoms with Gasteiger partial charge in [-0.05, 0) is 55.2 Å². The number of carbonyl (C=O) groups is 1. The van der Waals surface area contributed by atoms with Crippen LogP contribution < -0.4 is 5.69 Å². The Morgan fingerprint density at radius 2 is 1.97 bits per heavy atom. The summed E-state index contributed by atoms with van der Waals surface area (Å²) in [6, 6.07) is 8.08. The van der Waals surface area contributed by atoms with Crippen LogP contribution in [-0.4, -0.2) is 37.5 Å². The summed E-state index contributed by atoms with van der Waals surface area (Å²) in [6.45, 7) is 1.40. The first kappa shape index (κ1) is 18.6. The van der Waals surface area contributed by atoms with Crippen molar-refractivity contribution in [3.05, 3.63) is 51.2 Å². The zero-order chi connectivity index (χ0) is 19.8. The number of piperidine rings is 1. The van der Waals surface area contributed by atoms with Crippen LogP contribution in [0.25, 0.3) is 11.2 Å². The molecule has 1 amide bonds. The van der Waals surface area contributed by atoms with Crippen molar-refractivity contribution in [1.82, 2.24) is 19.0 Å². The van der Waals surface area contributed by atoms with E-state index in [1.54, 1.807) is 26.7 Å². The molecular weight excluding hydrogens is 384 g/mol. The molecule has 2 atom stereocenters. The third kappa shape index (κ3) is 3.41. The molecule has 2 fully saturated rings. The van der Waals surface area contributed by atoms with Gasteiger partial charge in [0, 0.05) is 23.7 Å². The molecule has 4 heterocycles. The van der Waals surface area contributed by atoms with Gasteiger partial charge in [-0.2, -0.15) is 0 Å². The normalized spacial score (nSPS) is 22.0. The Labute approximate surface area is 173 Å². The quantitative estimate of drug-likeness (QED) is 0.662. The summed E-state index contributed by atoms with van der Waals surface area (Å²) in [7, 11) is 0. The smallest absolute Gasteiger partial charge is 0.331 e. The summed E-state index contributed by atoms with van der Waals surface area (Å²) >= 11 is 1.62. The fourth-order valence-corrected chi connectivity index (χ4v) is 5.85. The van der Waals surface area contributed by atoms with Gasteiger partial charge in [0.2, 0.25) is 5.91 Å². The third-order valence-corrected chi connectivity index (χ3v) is 7.39. The Hall–Kier alpha value is -2.41. The van der Waals surface area contributed by atoms with Gasteiger partial charge >= 0.3 is 5.69 Å². The lowest BCUT2D eigenvalue weighted by Crippen LogP contribution is -2.51. The highest BCUT2D eigenvalue weighted by molar-refractivity contribution is 7.09. The first-order chi connectivity index (χ1) is 14.2. The minimum atomic E-state index is -0.155. The number of pyridine rings is 1. The fourth-order valence-electron chi connectivity index (χ4n) is 5.16. The van der Waals surface area contributed by atoms with E-state index >= 15 is 0 Å². The van der Waals surface area contributed by atoms with Crippen LogP contribution in [0.2, 0.25) is 0 Å². The van der Waals surface area contributed by atoms with Crippen molar-refractivity contribution in [3.63, 3.8) is 0 Å². The number of fused-ring (bicyclic) bond motifs is 2. The number of carbonyl (C=O) groups excluding carboxylic acids is 1. The van der Waals surface area contributed by atoms with Crippen LogP contribution in [0, 0.1) is 5.92 Å². The Morgan fingerprint density at radius 3 is 2.83 bits per heavy atom. The van der Waals surface area contributed by atoms with Crippen molar-refractivity contribution >= 4 is 28.4 Å². The predicted octanol–water partition coefficient (Wildman–Crippen LogP) is 3.49. The molecule has 0 N–H and O–H groups in total. The highest BCUT2D eigenvalue weighted by Gasteiger charge is 2.36. The number of amides is 1. The Morgan fingerprint density at radius 1 is 1.10 bits per heavy atom. The lowest BCUT2D eigenvalue weighted by atomic mass is 9.78. The van der Waals surface area contributed by atoms with E-state index in [-0.39, 0.29) is 18.1 Å². The summed E-state index contributed by atoms with van der Waals surface area (Å²) in [5.74, 6) is 0.711. The van der Waals surface area contributed by atoms with E-state index in [0.29, 0.717) is 24.2 Å². The highest BCUT2D eigenvalue weighted by Crippen LogP contribution is 2.35. The topological polar surface area (TPSA) is 60.1 Å².